The lowest BCUT2D eigenvalue weighted by molar-refractivity contribution is 0.137. The van der Waals surface area contributed by atoms with Crippen molar-refractivity contribution in [1.29, 1.82) is 0 Å². The number of likely N-dealkylation sites (tertiary alicyclic amines) is 1. The molecule has 1 aromatic rings. The Morgan fingerprint density at radius 2 is 1.82 bits per heavy atom. The Balaban J connectivity index is 1.44. The first-order chi connectivity index (χ1) is 10.7. The van der Waals surface area contributed by atoms with E-state index in [1.54, 1.807) is 0 Å². The minimum absolute atomic E-state index is 0.211. The number of carbonyl (C=O) groups is 1. The summed E-state index contributed by atoms with van der Waals surface area (Å²) < 4.78 is 0. The summed E-state index contributed by atoms with van der Waals surface area (Å²) in [5, 5.41) is 0. The van der Waals surface area contributed by atoms with Crippen LogP contribution in [-0.2, 0) is 0 Å². The number of urea groups is 1. The van der Waals surface area contributed by atoms with Crippen molar-refractivity contribution in [3.8, 4) is 0 Å². The van der Waals surface area contributed by atoms with Gasteiger partial charge in [-0.2, -0.15) is 0 Å². The van der Waals surface area contributed by atoms with Gasteiger partial charge in [-0.1, -0.05) is 42.5 Å². The van der Waals surface area contributed by atoms with Crippen LogP contribution in [0.3, 0.4) is 0 Å². The predicted octanol–water partition coefficient (Wildman–Crippen LogP) is 2.53. The molecule has 2 saturated heterocycles. The highest BCUT2D eigenvalue weighted by Gasteiger charge is 2.33. The smallest absolute Gasteiger partial charge is 0.320 e. The van der Waals surface area contributed by atoms with E-state index in [-0.39, 0.29) is 6.03 Å². The van der Waals surface area contributed by atoms with Gasteiger partial charge in [-0.15, -0.1) is 0 Å². The summed E-state index contributed by atoms with van der Waals surface area (Å²) in [6, 6.07) is 11.1. The Morgan fingerprint density at radius 1 is 1.09 bits per heavy atom. The van der Waals surface area contributed by atoms with E-state index in [4.69, 9.17) is 0 Å². The van der Waals surface area contributed by atoms with Crippen LogP contribution in [0, 0.1) is 0 Å². The van der Waals surface area contributed by atoms with Gasteiger partial charge >= 0.3 is 6.03 Å². The van der Waals surface area contributed by atoms with Crippen LogP contribution in [0.1, 0.15) is 18.4 Å². The van der Waals surface area contributed by atoms with E-state index in [1.165, 1.54) is 5.56 Å². The van der Waals surface area contributed by atoms with Crippen molar-refractivity contribution < 1.29 is 4.79 Å². The van der Waals surface area contributed by atoms with Gasteiger partial charge in [0.15, 0.2) is 0 Å². The van der Waals surface area contributed by atoms with Gasteiger partial charge in [0.1, 0.15) is 0 Å². The van der Waals surface area contributed by atoms with Crippen LogP contribution in [0.4, 0.5) is 4.79 Å². The van der Waals surface area contributed by atoms with Crippen molar-refractivity contribution in [2.45, 2.75) is 18.9 Å². The molecule has 0 radical (unpaired) electrons. The van der Waals surface area contributed by atoms with Crippen molar-refractivity contribution >= 4 is 12.1 Å². The molecule has 2 fully saturated rings. The van der Waals surface area contributed by atoms with Crippen molar-refractivity contribution in [3.63, 3.8) is 0 Å². The van der Waals surface area contributed by atoms with E-state index in [2.05, 4.69) is 46.2 Å². The molecule has 0 unspecified atom stereocenters. The van der Waals surface area contributed by atoms with Crippen LogP contribution in [0.25, 0.3) is 6.08 Å². The first-order valence-corrected chi connectivity index (χ1v) is 8.20. The van der Waals surface area contributed by atoms with Crippen LogP contribution >= 0.6 is 0 Å². The molecule has 2 heterocycles. The second-order valence-electron chi connectivity index (χ2n) is 6.24. The average molecular weight is 299 g/mol. The molecule has 4 nitrogen and oxygen atoms in total. The summed E-state index contributed by atoms with van der Waals surface area (Å²) >= 11 is 0. The van der Waals surface area contributed by atoms with E-state index in [0.717, 1.165) is 45.6 Å². The average Bonchev–Trinajstić information content (AvgIpc) is 2.89. The molecule has 22 heavy (non-hydrogen) atoms. The number of likely N-dealkylation sites (N-methyl/N-ethyl adjacent to an activating group) is 1. The number of carbonyl (C=O) groups excluding carboxylic acids is 1. The molecule has 0 spiro atoms. The minimum Gasteiger partial charge on any atom is -0.326 e. The summed E-state index contributed by atoms with van der Waals surface area (Å²) in [6.45, 7) is 4.93. The fourth-order valence-electron chi connectivity index (χ4n) is 3.32. The Hall–Kier alpha value is -1.81. The van der Waals surface area contributed by atoms with Crippen LogP contribution < -0.4 is 0 Å². The largest absolute Gasteiger partial charge is 0.326 e. The fourth-order valence-corrected chi connectivity index (χ4v) is 3.32. The van der Waals surface area contributed by atoms with Crippen molar-refractivity contribution in [3.05, 3.63) is 42.0 Å². The van der Waals surface area contributed by atoms with Crippen LogP contribution in [0.5, 0.6) is 0 Å². The Labute approximate surface area is 133 Å². The Morgan fingerprint density at radius 3 is 2.45 bits per heavy atom. The molecule has 0 atom stereocenters. The summed E-state index contributed by atoms with van der Waals surface area (Å²) in [6.07, 6.45) is 6.62. The van der Waals surface area contributed by atoms with Gasteiger partial charge in [-0.25, -0.2) is 4.79 Å². The Kier molecular flexibility index (Phi) is 4.78. The van der Waals surface area contributed by atoms with Crippen molar-refractivity contribution in [1.82, 2.24) is 14.7 Å². The number of nitrogens with zero attached hydrogens (tertiary/aromatic N) is 3. The lowest BCUT2D eigenvalue weighted by atomic mass is 10.0. The number of benzene rings is 1. The SMILES string of the molecule is CN1CCN(C2CCN(C/C=C\c3ccccc3)CC2)C1=O. The standard InChI is InChI=1S/C18H25N3O/c1-19-14-15-21(18(19)22)17-9-12-20(13-10-17)11-5-8-16-6-3-2-4-7-16/h2-8,17H,9-15H2,1H3/b8-5-. The van der Waals surface area contributed by atoms with Crippen LogP contribution in [0.2, 0.25) is 0 Å². The number of hydrogen-bond donors (Lipinski definition) is 0. The van der Waals surface area contributed by atoms with Gasteiger partial charge in [0, 0.05) is 45.8 Å². The maximum Gasteiger partial charge on any atom is 0.320 e. The molecule has 1 aromatic carbocycles. The highest BCUT2D eigenvalue weighted by molar-refractivity contribution is 5.76. The zero-order valence-electron chi connectivity index (χ0n) is 13.3. The predicted molar refractivity (Wildman–Crippen MR) is 89.7 cm³/mol. The summed E-state index contributed by atoms with van der Waals surface area (Å²) in [7, 11) is 1.89. The molecule has 118 valence electrons. The molecule has 0 aliphatic carbocycles. The molecule has 0 N–H and O–H groups in total. The van der Waals surface area contributed by atoms with Crippen molar-refractivity contribution in [2.24, 2.45) is 0 Å². The minimum atomic E-state index is 0.211. The summed E-state index contributed by atoms with van der Waals surface area (Å²) in [5.74, 6) is 0. The van der Waals surface area contributed by atoms with E-state index >= 15 is 0 Å². The zero-order valence-corrected chi connectivity index (χ0v) is 13.3. The van der Waals surface area contributed by atoms with Crippen LogP contribution in [0.15, 0.2) is 36.4 Å². The summed E-state index contributed by atoms with van der Waals surface area (Å²) in [5.41, 5.74) is 1.25. The topological polar surface area (TPSA) is 26.8 Å². The number of piperidine rings is 1. The number of rotatable bonds is 4. The van der Waals surface area contributed by atoms with E-state index < -0.39 is 0 Å². The third-order valence-corrected chi connectivity index (χ3v) is 4.72. The quantitative estimate of drug-likeness (QED) is 0.854. The molecule has 2 aliphatic heterocycles. The maximum absolute atomic E-state index is 12.0. The van der Waals surface area contributed by atoms with Crippen LogP contribution in [-0.4, -0.2) is 66.5 Å². The number of amides is 2. The molecule has 2 aliphatic rings. The lowest BCUT2D eigenvalue weighted by Gasteiger charge is -2.35. The zero-order chi connectivity index (χ0) is 15.4. The summed E-state index contributed by atoms with van der Waals surface area (Å²) in [4.78, 5) is 18.4. The monoisotopic (exact) mass is 299 g/mol. The molecule has 0 aromatic heterocycles. The first-order valence-electron chi connectivity index (χ1n) is 8.20. The van der Waals surface area contributed by atoms with E-state index in [1.807, 2.05) is 18.0 Å². The van der Waals surface area contributed by atoms with Gasteiger partial charge in [0.05, 0.1) is 0 Å². The normalized spacial score (nSPS) is 21.2. The molecule has 4 heteroatoms. The lowest BCUT2D eigenvalue weighted by Crippen LogP contribution is -2.46. The van der Waals surface area contributed by atoms with Crippen molar-refractivity contribution in [2.75, 3.05) is 39.8 Å². The van der Waals surface area contributed by atoms with E-state index in [0.29, 0.717) is 6.04 Å². The fraction of sp³-hybridized carbons (Fsp3) is 0.500. The van der Waals surface area contributed by atoms with Gasteiger partial charge in [0.25, 0.3) is 0 Å². The van der Waals surface area contributed by atoms with Gasteiger partial charge in [-0.05, 0) is 18.4 Å². The third kappa shape index (κ3) is 3.50. The van der Waals surface area contributed by atoms with E-state index in [9.17, 15) is 4.79 Å². The molecule has 0 saturated carbocycles. The molecule has 3 rings (SSSR count). The third-order valence-electron chi connectivity index (χ3n) is 4.72. The molecule has 0 bridgehead atoms. The number of hydrogen-bond acceptors (Lipinski definition) is 2. The highest BCUT2D eigenvalue weighted by atomic mass is 16.2. The highest BCUT2D eigenvalue weighted by Crippen LogP contribution is 2.20. The van der Waals surface area contributed by atoms with Gasteiger partial charge in [-0.3, -0.25) is 4.90 Å². The first kappa shape index (κ1) is 15.1. The molecular weight excluding hydrogens is 274 g/mol. The second-order valence-corrected chi connectivity index (χ2v) is 6.24. The molecular formula is C18H25N3O. The second kappa shape index (κ2) is 6.97. The maximum atomic E-state index is 12.0. The Bertz CT molecular complexity index is 520. The molecule has 2 amide bonds. The van der Waals surface area contributed by atoms with Gasteiger partial charge in [0.2, 0.25) is 0 Å². The van der Waals surface area contributed by atoms with Gasteiger partial charge < -0.3 is 9.80 Å².